The van der Waals surface area contributed by atoms with Gasteiger partial charge in [0, 0.05) is 24.7 Å². The molecule has 7 heteroatoms. The number of non-ortho nitro benzene ring substituents is 1. The molecule has 0 aromatic heterocycles. The molecule has 2 aromatic carbocycles. The van der Waals surface area contributed by atoms with Gasteiger partial charge in [-0.2, -0.15) is 0 Å². The lowest BCUT2D eigenvalue weighted by Crippen LogP contribution is -2.15. The lowest BCUT2D eigenvalue weighted by molar-refractivity contribution is -0.384. The van der Waals surface area contributed by atoms with Crippen molar-refractivity contribution in [2.45, 2.75) is 13.8 Å². The summed E-state index contributed by atoms with van der Waals surface area (Å²) in [6.07, 6.45) is 0. The summed E-state index contributed by atoms with van der Waals surface area (Å²) < 4.78 is 5.00. The van der Waals surface area contributed by atoms with Crippen molar-refractivity contribution >= 4 is 23.3 Å². The maximum atomic E-state index is 12.4. The van der Waals surface area contributed by atoms with E-state index >= 15 is 0 Å². The summed E-state index contributed by atoms with van der Waals surface area (Å²) >= 11 is 0. The molecule has 118 valence electrons. The number of carbonyl (C=O) groups is 2. The van der Waals surface area contributed by atoms with Gasteiger partial charge >= 0.3 is 5.97 Å². The number of nitrogens with one attached hydrogen (secondary N) is 1. The predicted molar refractivity (Wildman–Crippen MR) is 83.5 cm³/mol. The zero-order valence-electron chi connectivity index (χ0n) is 12.5. The third-order valence-electron chi connectivity index (χ3n) is 3.05. The summed E-state index contributed by atoms with van der Waals surface area (Å²) in [5.41, 5.74) is 1.14. The number of nitro benzene ring substituents is 1. The molecule has 1 amide bonds. The summed E-state index contributed by atoms with van der Waals surface area (Å²) in [7, 11) is 0. The Hall–Kier alpha value is -3.22. The highest BCUT2D eigenvalue weighted by atomic mass is 16.6. The first-order valence-corrected chi connectivity index (χ1v) is 6.72. The van der Waals surface area contributed by atoms with E-state index in [-0.39, 0.29) is 17.0 Å². The van der Waals surface area contributed by atoms with Gasteiger partial charge in [-0.25, -0.2) is 0 Å². The fraction of sp³-hybridized carbons (Fsp3) is 0.125. The first-order chi connectivity index (χ1) is 10.9. The number of amides is 1. The van der Waals surface area contributed by atoms with Crippen LogP contribution in [0.4, 0.5) is 11.4 Å². The monoisotopic (exact) mass is 314 g/mol. The Bertz CT molecular complexity index is 786. The fourth-order valence-corrected chi connectivity index (χ4v) is 1.99. The number of nitro groups is 1. The first-order valence-electron chi connectivity index (χ1n) is 6.72. The largest absolute Gasteiger partial charge is 0.426 e. The highest BCUT2D eigenvalue weighted by Crippen LogP contribution is 2.24. The molecule has 0 saturated carbocycles. The van der Waals surface area contributed by atoms with E-state index < -0.39 is 16.8 Å². The first kappa shape index (κ1) is 16.2. The minimum absolute atomic E-state index is 0.0548. The molecule has 0 spiro atoms. The van der Waals surface area contributed by atoms with Crippen LogP contribution in [0.3, 0.4) is 0 Å². The predicted octanol–water partition coefficient (Wildman–Crippen LogP) is 3.08. The Labute approximate surface area is 132 Å². The Morgan fingerprint density at radius 2 is 1.87 bits per heavy atom. The third-order valence-corrected chi connectivity index (χ3v) is 3.05. The number of nitrogens with zero attached hydrogens (tertiary/aromatic N) is 1. The number of carbonyl (C=O) groups excluding carboxylic acids is 2. The number of rotatable bonds is 4. The zero-order chi connectivity index (χ0) is 17.0. The summed E-state index contributed by atoms with van der Waals surface area (Å²) in [6, 6.07) is 10.5. The van der Waals surface area contributed by atoms with Crippen molar-refractivity contribution in [1.82, 2.24) is 0 Å². The number of hydrogen-bond acceptors (Lipinski definition) is 5. The van der Waals surface area contributed by atoms with E-state index in [1.165, 1.54) is 37.3 Å². The van der Waals surface area contributed by atoms with Crippen LogP contribution in [0.25, 0.3) is 0 Å². The number of para-hydroxylation sites is 1. The molecule has 0 unspecified atom stereocenters. The van der Waals surface area contributed by atoms with Crippen molar-refractivity contribution in [3.63, 3.8) is 0 Å². The molecule has 23 heavy (non-hydrogen) atoms. The van der Waals surface area contributed by atoms with Crippen LogP contribution >= 0.6 is 0 Å². The SMILES string of the molecule is CC(=O)Oc1ccccc1C(=O)Nc1ccc([N+](=O)[O-])cc1C. The second-order valence-electron chi connectivity index (χ2n) is 4.80. The van der Waals surface area contributed by atoms with Crippen LogP contribution in [0.15, 0.2) is 42.5 Å². The summed E-state index contributed by atoms with van der Waals surface area (Å²) in [5, 5.41) is 13.4. The van der Waals surface area contributed by atoms with Crippen LogP contribution in [0.2, 0.25) is 0 Å². The van der Waals surface area contributed by atoms with Gasteiger partial charge < -0.3 is 10.1 Å². The molecule has 0 aliphatic carbocycles. The molecule has 0 aliphatic rings. The molecule has 0 radical (unpaired) electrons. The Morgan fingerprint density at radius 3 is 2.48 bits per heavy atom. The maximum absolute atomic E-state index is 12.4. The standard InChI is InChI=1S/C16H14N2O5/c1-10-9-12(18(21)22)7-8-14(10)17-16(20)13-5-3-4-6-15(13)23-11(2)19/h3-9H,1-2H3,(H,17,20). The van der Waals surface area contributed by atoms with Crippen molar-refractivity contribution in [2.75, 3.05) is 5.32 Å². The van der Waals surface area contributed by atoms with Crippen molar-refractivity contribution in [3.05, 3.63) is 63.7 Å². The molecular formula is C16H14N2O5. The van der Waals surface area contributed by atoms with E-state index in [2.05, 4.69) is 5.32 Å². The molecule has 0 bridgehead atoms. The number of anilines is 1. The number of hydrogen-bond donors (Lipinski definition) is 1. The molecule has 2 aromatic rings. The highest BCUT2D eigenvalue weighted by molar-refractivity contribution is 6.06. The second kappa shape index (κ2) is 6.69. The fourth-order valence-electron chi connectivity index (χ4n) is 1.99. The molecule has 0 atom stereocenters. The molecule has 0 fully saturated rings. The number of ether oxygens (including phenoxy) is 1. The van der Waals surface area contributed by atoms with Crippen LogP contribution in [-0.4, -0.2) is 16.8 Å². The minimum Gasteiger partial charge on any atom is -0.426 e. The normalized spacial score (nSPS) is 10.0. The van der Waals surface area contributed by atoms with E-state index in [4.69, 9.17) is 4.74 Å². The number of benzene rings is 2. The molecule has 0 aliphatic heterocycles. The van der Waals surface area contributed by atoms with Crippen LogP contribution in [-0.2, 0) is 4.79 Å². The van der Waals surface area contributed by atoms with Gasteiger partial charge in [0.1, 0.15) is 5.75 Å². The second-order valence-corrected chi connectivity index (χ2v) is 4.80. The van der Waals surface area contributed by atoms with Gasteiger partial charge in [-0.1, -0.05) is 12.1 Å². The van der Waals surface area contributed by atoms with E-state index in [1.807, 2.05) is 0 Å². The van der Waals surface area contributed by atoms with Gasteiger partial charge in [0.15, 0.2) is 0 Å². The van der Waals surface area contributed by atoms with Gasteiger partial charge in [0.05, 0.1) is 10.5 Å². The van der Waals surface area contributed by atoms with Gasteiger partial charge in [-0.05, 0) is 30.7 Å². The molecule has 0 saturated heterocycles. The van der Waals surface area contributed by atoms with Gasteiger partial charge in [0.2, 0.25) is 0 Å². The minimum atomic E-state index is -0.531. The van der Waals surface area contributed by atoms with E-state index in [0.29, 0.717) is 11.3 Å². The van der Waals surface area contributed by atoms with E-state index in [9.17, 15) is 19.7 Å². The van der Waals surface area contributed by atoms with Crippen molar-refractivity contribution in [1.29, 1.82) is 0 Å². The van der Waals surface area contributed by atoms with E-state index in [1.54, 1.807) is 19.1 Å². The lowest BCUT2D eigenvalue weighted by Gasteiger charge is -2.11. The molecule has 2 rings (SSSR count). The zero-order valence-corrected chi connectivity index (χ0v) is 12.5. The topological polar surface area (TPSA) is 98.5 Å². The number of esters is 1. The van der Waals surface area contributed by atoms with Crippen LogP contribution in [0.1, 0.15) is 22.8 Å². The Kier molecular flexibility index (Phi) is 4.70. The summed E-state index contributed by atoms with van der Waals surface area (Å²) in [6.45, 7) is 2.90. The lowest BCUT2D eigenvalue weighted by atomic mass is 10.1. The van der Waals surface area contributed by atoms with Crippen molar-refractivity contribution in [2.24, 2.45) is 0 Å². The third kappa shape index (κ3) is 3.91. The highest BCUT2D eigenvalue weighted by Gasteiger charge is 2.15. The molecule has 7 nitrogen and oxygen atoms in total. The van der Waals surface area contributed by atoms with Crippen molar-refractivity contribution < 1.29 is 19.2 Å². The molecule has 0 heterocycles. The molecule has 1 N–H and O–H groups in total. The quantitative estimate of drug-likeness (QED) is 0.404. The van der Waals surface area contributed by atoms with E-state index in [0.717, 1.165) is 0 Å². The van der Waals surface area contributed by atoms with Gasteiger partial charge in [-0.15, -0.1) is 0 Å². The van der Waals surface area contributed by atoms with Gasteiger partial charge in [-0.3, -0.25) is 19.7 Å². The summed E-state index contributed by atoms with van der Waals surface area (Å²) in [5.74, 6) is -0.854. The van der Waals surface area contributed by atoms with Crippen LogP contribution in [0.5, 0.6) is 5.75 Å². The van der Waals surface area contributed by atoms with Crippen LogP contribution in [0, 0.1) is 17.0 Å². The van der Waals surface area contributed by atoms with Crippen molar-refractivity contribution in [3.8, 4) is 5.75 Å². The smallest absolute Gasteiger partial charge is 0.308 e. The summed E-state index contributed by atoms with van der Waals surface area (Å²) in [4.78, 5) is 33.7. The average Bonchev–Trinajstić information content (AvgIpc) is 2.49. The van der Waals surface area contributed by atoms with Gasteiger partial charge in [0.25, 0.3) is 11.6 Å². The Morgan fingerprint density at radius 1 is 1.17 bits per heavy atom. The average molecular weight is 314 g/mol. The maximum Gasteiger partial charge on any atom is 0.308 e. The van der Waals surface area contributed by atoms with Crippen LogP contribution < -0.4 is 10.1 Å². The Balaban J connectivity index is 2.26. The molecular weight excluding hydrogens is 300 g/mol. The number of aryl methyl sites for hydroxylation is 1.